The summed E-state index contributed by atoms with van der Waals surface area (Å²) in [5.74, 6) is -0.197. The van der Waals surface area contributed by atoms with Crippen molar-refractivity contribution in [1.29, 1.82) is 0 Å². The number of piperazine rings is 1. The first kappa shape index (κ1) is 29.6. The van der Waals surface area contributed by atoms with Gasteiger partial charge in [-0.3, -0.25) is 14.3 Å². The topological polar surface area (TPSA) is 119 Å². The molecule has 0 spiro atoms. The van der Waals surface area contributed by atoms with E-state index in [4.69, 9.17) is 16.3 Å². The normalized spacial score (nSPS) is 17.8. The first-order valence-electron chi connectivity index (χ1n) is 14.4. The summed E-state index contributed by atoms with van der Waals surface area (Å²) in [7, 11) is 0. The standard InChI is InChI=1S/C29H37ClN8O4/c1-29(2,3)42-28(41)37-13-8-7-9-21(37)12-14-36-20-23(32-33-36)26(39)35-17-15-34(16-18-35)24-19-31-38(27(40)25(24)30)22-10-5-4-6-11-22/h4-6,10-11,19-21H,7-9,12-18H2,1-3H3. The van der Waals surface area contributed by atoms with Crippen molar-refractivity contribution in [1.82, 2.24) is 34.6 Å². The molecule has 0 radical (unpaired) electrons. The quantitative estimate of drug-likeness (QED) is 0.423. The zero-order valence-corrected chi connectivity index (χ0v) is 25.0. The molecule has 2 fully saturated rings. The van der Waals surface area contributed by atoms with Gasteiger partial charge in [0, 0.05) is 45.3 Å². The second kappa shape index (κ2) is 12.5. The summed E-state index contributed by atoms with van der Waals surface area (Å²) < 4.78 is 8.55. The van der Waals surface area contributed by atoms with Gasteiger partial charge in [0.15, 0.2) is 5.69 Å². The number of halogens is 1. The Morgan fingerprint density at radius 2 is 1.79 bits per heavy atom. The number of aryl methyl sites for hydroxylation is 1. The fraction of sp³-hybridized carbons (Fsp3) is 0.517. The molecule has 0 aliphatic carbocycles. The molecule has 2 aliphatic rings. The summed E-state index contributed by atoms with van der Waals surface area (Å²) in [6.07, 6.45) is 6.61. The molecule has 1 unspecified atom stereocenters. The molecule has 1 aromatic carbocycles. The summed E-state index contributed by atoms with van der Waals surface area (Å²) in [4.78, 5) is 44.3. The summed E-state index contributed by atoms with van der Waals surface area (Å²) in [5.41, 5.74) is 0.535. The van der Waals surface area contributed by atoms with Crippen LogP contribution in [-0.4, -0.2) is 90.9 Å². The van der Waals surface area contributed by atoms with E-state index in [1.807, 2.05) is 48.8 Å². The third-order valence-corrected chi connectivity index (χ3v) is 7.87. The third-order valence-electron chi connectivity index (χ3n) is 7.51. The monoisotopic (exact) mass is 596 g/mol. The number of likely N-dealkylation sites (tertiary alicyclic amines) is 1. The predicted octanol–water partition coefficient (Wildman–Crippen LogP) is 3.62. The molecule has 13 heteroatoms. The Morgan fingerprint density at radius 3 is 2.50 bits per heavy atom. The van der Waals surface area contributed by atoms with Crippen LogP contribution in [0.5, 0.6) is 0 Å². The zero-order valence-electron chi connectivity index (χ0n) is 24.3. The number of para-hydroxylation sites is 1. The van der Waals surface area contributed by atoms with Crippen LogP contribution in [0.4, 0.5) is 10.5 Å². The van der Waals surface area contributed by atoms with Gasteiger partial charge in [0.05, 0.1) is 23.8 Å². The zero-order chi connectivity index (χ0) is 29.9. The van der Waals surface area contributed by atoms with Crippen LogP contribution < -0.4 is 10.5 Å². The van der Waals surface area contributed by atoms with Crippen molar-refractivity contribution in [3.63, 3.8) is 0 Å². The highest BCUT2D eigenvalue weighted by Gasteiger charge is 2.31. The minimum atomic E-state index is -0.542. The number of anilines is 1. The van der Waals surface area contributed by atoms with Gasteiger partial charge >= 0.3 is 6.09 Å². The fourth-order valence-electron chi connectivity index (χ4n) is 5.36. The molecule has 2 saturated heterocycles. The van der Waals surface area contributed by atoms with E-state index in [1.165, 1.54) is 4.68 Å². The Labute approximate surface area is 249 Å². The lowest BCUT2D eigenvalue weighted by Gasteiger charge is -2.36. The van der Waals surface area contributed by atoms with E-state index < -0.39 is 11.2 Å². The van der Waals surface area contributed by atoms with Crippen LogP contribution in [-0.2, 0) is 11.3 Å². The van der Waals surface area contributed by atoms with Gasteiger partial charge in [0.2, 0.25) is 0 Å². The van der Waals surface area contributed by atoms with Gasteiger partial charge < -0.3 is 19.4 Å². The number of rotatable bonds is 6. The Hall–Kier alpha value is -3.93. The number of aromatic nitrogens is 5. The maximum absolute atomic E-state index is 13.2. The van der Waals surface area contributed by atoms with Crippen LogP contribution in [0.1, 0.15) is 56.9 Å². The Kier molecular flexibility index (Phi) is 8.81. The first-order chi connectivity index (χ1) is 20.1. The third kappa shape index (κ3) is 6.75. The van der Waals surface area contributed by atoms with E-state index in [0.29, 0.717) is 57.1 Å². The molecule has 0 bridgehead atoms. The number of nitrogens with zero attached hydrogens (tertiary/aromatic N) is 8. The maximum Gasteiger partial charge on any atom is 0.410 e. The maximum atomic E-state index is 13.2. The lowest BCUT2D eigenvalue weighted by molar-refractivity contribution is 0.00824. The second-order valence-electron chi connectivity index (χ2n) is 11.7. The molecule has 0 saturated carbocycles. The van der Waals surface area contributed by atoms with Crippen LogP contribution in [0.25, 0.3) is 5.69 Å². The van der Waals surface area contributed by atoms with Gasteiger partial charge in [-0.1, -0.05) is 35.0 Å². The van der Waals surface area contributed by atoms with Gasteiger partial charge in [-0.25, -0.2) is 4.79 Å². The Balaban J connectivity index is 1.16. The molecule has 0 N–H and O–H groups in total. The van der Waals surface area contributed by atoms with Crippen molar-refractivity contribution in [2.75, 3.05) is 37.6 Å². The summed E-state index contributed by atoms with van der Waals surface area (Å²) in [6, 6.07) is 9.17. The molecular formula is C29H37ClN8O4. The SMILES string of the molecule is CC(C)(C)OC(=O)N1CCCCC1CCn1cc(C(=O)N2CCN(c3cnn(-c4ccccc4)c(=O)c3Cl)CC2)nn1. The van der Waals surface area contributed by atoms with Crippen molar-refractivity contribution in [2.24, 2.45) is 0 Å². The van der Waals surface area contributed by atoms with Crippen molar-refractivity contribution < 1.29 is 14.3 Å². The van der Waals surface area contributed by atoms with Gasteiger partial charge in [0.1, 0.15) is 10.6 Å². The Morgan fingerprint density at radius 1 is 1.05 bits per heavy atom. The smallest absolute Gasteiger partial charge is 0.410 e. The highest BCUT2D eigenvalue weighted by atomic mass is 35.5. The second-order valence-corrected chi connectivity index (χ2v) is 12.0. The van der Waals surface area contributed by atoms with Crippen LogP contribution >= 0.6 is 11.6 Å². The molecule has 2 amide bonds. The molecule has 1 atom stereocenters. The lowest BCUT2D eigenvalue weighted by Crippen LogP contribution is -2.49. The van der Waals surface area contributed by atoms with E-state index in [0.717, 1.165) is 19.3 Å². The first-order valence-corrected chi connectivity index (χ1v) is 14.8. The summed E-state index contributed by atoms with van der Waals surface area (Å²) >= 11 is 6.47. The molecule has 224 valence electrons. The number of hydrogen-bond acceptors (Lipinski definition) is 8. The number of amides is 2. The molecule has 2 aromatic heterocycles. The lowest BCUT2D eigenvalue weighted by atomic mass is 10.00. The molecule has 5 rings (SSSR count). The van der Waals surface area contributed by atoms with E-state index >= 15 is 0 Å². The molecule has 12 nitrogen and oxygen atoms in total. The van der Waals surface area contributed by atoms with Gasteiger partial charge in [-0.2, -0.15) is 9.78 Å². The Bertz CT molecular complexity index is 1460. The van der Waals surface area contributed by atoms with E-state index in [2.05, 4.69) is 15.4 Å². The van der Waals surface area contributed by atoms with Crippen molar-refractivity contribution in [3.8, 4) is 5.69 Å². The highest BCUT2D eigenvalue weighted by molar-refractivity contribution is 6.33. The largest absolute Gasteiger partial charge is 0.444 e. The van der Waals surface area contributed by atoms with Gasteiger partial charge in [-0.05, 0) is 58.6 Å². The molecular weight excluding hydrogens is 560 g/mol. The molecule has 42 heavy (non-hydrogen) atoms. The van der Waals surface area contributed by atoms with E-state index in [9.17, 15) is 14.4 Å². The molecule has 3 aromatic rings. The van der Waals surface area contributed by atoms with Gasteiger partial charge in [-0.15, -0.1) is 5.10 Å². The van der Waals surface area contributed by atoms with E-state index in [1.54, 1.807) is 34.1 Å². The minimum absolute atomic E-state index is 0.0566. The number of ether oxygens (including phenoxy) is 1. The van der Waals surface area contributed by atoms with Gasteiger partial charge in [0.25, 0.3) is 11.5 Å². The fourth-order valence-corrected chi connectivity index (χ4v) is 5.61. The van der Waals surface area contributed by atoms with Crippen LogP contribution in [0, 0.1) is 0 Å². The molecule has 2 aliphatic heterocycles. The minimum Gasteiger partial charge on any atom is -0.444 e. The number of carbonyl (C=O) groups excluding carboxylic acids is 2. The summed E-state index contributed by atoms with van der Waals surface area (Å²) in [6.45, 7) is 8.71. The summed E-state index contributed by atoms with van der Waals surface area (Å²) in [5, 5.41) is 12.7. The molecule has 4 heterocycles. The van der Waals surface area contributed by atoms with Crippen LogP contribution in [0.3, 0.4) is 0 Å². The van der Waals surface area contributed by atoms with Crippen molar-refractivity contribution in [3.05, 3.63) is 63.8 Å². The van der Waals surface area contributed by atoms with Crippen molar-refractivity contribution in [2.45, 2.75) is 64.6 Å². The number of piperidine rings is 1. The highest BCUT2D eigenvalue weighted by Crippen LogP contribution is 2.25. The number of hydrogen-bond donors (Lipinski definition) is 0. The van der Waals surface area contributed by atoms with Crippen LogP contribution in [0.15, 0.2) is 47.5 Å². The predicted molar refractivity (Wildman–Crippen MR) is 158 cm³/mol. The number of carbonyl (C=O) groups is 2. The van der Waals surface area contributed by atoms with E-state index in [-0.39, 0.29) is 28.8 Å². The average Bonchev–Trinajstić information content (AvgIpc) is 3.46. The van der Waals surface area contributed by atoms with Crippen molar-refractivity contribution >= 4 is 29.3 Å². The van der Waals surface area contributed by atoms with Crippen LogP contribution in [0.2, 0.25) is 5.02 Å². The average molecular weight is 597 g/mol. The number of benzene rings is 1.